The van der Waals surface area contributed by atoms with Gasteiger partial charge in [-0.25, -0.2) is 0 Å². The number of hydrogen-bond donors (Lipinski definition) is 1. The number of nitrogens with zero attached hydrogens (tertiary/aromatic N) is 6. The number of carbonyl (C=O) groups is 1. The number of benzene rings is 1. The molecule has 0 aliphatic carbocycles. The van der Waals surface area contributed by atoms with Gasteiger partial charge in [0.2, 0.25) is 5.91 Å². The Morgan fingerprint density at radius 2 is 0.977 bits per heavy atom. The average molecular weight is 685 g/mol. The van der Waals surface area contributed by atoms with Crippen LogP contribution in [0.5, 0.6) is 0 Å². The maximum atomic E-state index is 11.5. The number of fused-ring (bicyclic) bond motifs is 3. The number of hydrogen-bond acceptors (Lipinski definition) is 7. The fourth-order valence-electron chi connectivity index (χ4n) is 4.12. The first-order chi connectivity index (χ1) is 21.2. The van der Waals surface area contributed by atoms with Crippen LogP contribution >= 0.6 is 11.6 Å². The summed E-state index contributed by atoms with van der Waals surface area (Å²) in [6.45, 7) is 0. The molecule has 0 atom stereocenters. The Balaban J connectivity index is 0.000000155. The molecule has 0 aliphatic heterocycles. The van der Waals surface area contributed by atoms with Crippen molar-refractivity contribution < 1.29 is 24.3 Å². The van der Waals surface area contributed by atoms with Gasteiger partial charge in [-0.3, -0.25) is 34.7 Å². The van der Waals surface area contributed by atoms with Crippen LogP contribution in [0.25, 0.3) is 44.6 Å². The molecule has 0 spiro atoms. The molecule has 44 heavy (non-hydrogen) atoms. The molecular weight excluding hydrogens is 659 g/mol. The average Bonchev–Trinajstić information content (AvgIpc) is 3.10. The van der Waals surface area contributed by atoms with Gasteiger partial charge in [0.1, 0.15) is 5.88 Å². The van der Waals surface area contributed by atoms with E-state index in [1.54, 1.807) is 37.2 Å². The summed E-state index contributed by atoms with van der Waals surface area (Å²) in [6, 6.07) is 32.6. The molecule has 1 N–H and O–H groups in total. The van der Waals surface area contributed by atoms with Gasteiger partial charge in [-0.15, -0.1) is 11.6 Å². The van der Waals surface area contributed by atoms with Gasteiger partial charge in [-0.2, -0.15) is 0 Å². The minimum atomic E-state index is -0.241. The molecule has 0 saturated carbocycles. The Morgan fingerprint density at radius 3 is 1.41 bits per heavy atom. The second-order valence-electron chi connectivity index (χ2n) is 8.94. The third kappa shape index (κ3) is 8.54. The van der Waals surface area contributed by atoms with Crippen LogP contribution in [-0.4, -0.2) is 41.7 Å². The molecule has 0 saturated heterocycles. The molecule has 0 bridgehead atoms. The second-order valence-corrected chi connectivity index (χ2v) is 9.21. The molecule has 6 heterocycles. The van der Waals surface area contributed by atoms with Gasteiger partial charge >= 0.3 is 0 Å². The standard InChI is InChI=1S/C14H10ClN3O.2C10H8N2.Ru/c15-8-12(19)18-11-7-9-3-1-5-16-13(9)14-10(11)4-2-6-17-14;2*1-3-7-11-9(5-1)10-6-2-4-8-12-10;/h1-7H,8H2,(H,18,19);2*1-8H;. The van der Waals surface area contributed by atoms with E-state index in [0.29, 0.717) is 5.69 Å². The Morgan fingerprint density at radius 1 is 0.545 bits per heavy atom. The fourth-order valence-corrected chi connectivity index (χ4v) is 4.19. The Hall–Kier alpha value is -4.98. The second kappa shape index (κ2) is 16.6. The Bertz CT molecular complexity index is 1750. The minimum Gasteiger partial charge on any atom is -0.324 e. The van der Waals surface area contributed by atoms with Crippen molar-refractivity contribution in [3.8, 4) is 22.8 Å². The monoisotopic (exact) mass is 685 g/mol. The molecule has 8 nitrogen and oxygen atoms in total. The summed E-state index contributed by atoms with van der Waals surface area (Å²) in [4.78, 5) is 36.9. The number of carbonyl (C=O) groups excluding carboxylic acids is 1. The molecule has 6 aromatic heterocycles. The van der Waals surface area contributed by atoms with Crippen molar-refractivity contribution in [1.82, 2.24) is 29.9 Å². The van der Waals surface area contributed by atoms with Crippen molar-refractivity contribution >= 4 is 45.0 Å². The fraction of sp³-hybridized carbons (Fsp3) is 0.0294. The van der Waals surface area contributed by atoms with E-state index in [-0.39, 0.29) is 31.3 Å². The van der Waals surface area contributed by atoms with Crippen LogP contribution in [0.4, 0.5) is 5.69 Å². The number of rotatable bonds is 4. The molecule has 0 radical (unpaired) electrons. The zero-order valence-electron chi connectivity index (χ0n) is 23.3. The van der Waals surface area contributed by atoms with Crippen molar-refractivity contribution in [1.29, 1.82) is 0 Å². The van der Waals surface area contributed by atoms with Crippen molar-refractivity contribution in [2.45, 2.75) is 0 Å². The maximum Gasteiger partial charge on any atom is 0.239 e. The topological polar surface area (TPSA) is 106 Å². The molecule has 0 aliphatic rings. The van der Waals surface area contributed by atoms with E-state index in [4.69, 9.17) is 11.6 Å². The number of nitrogens with one attached hydrogen (secondary N) is 1. The first kappa shape index (κ1) is 31.9. The molecule has 1 amide bonds. The van der Waals surface area contributed by atoms with E-state index in [1.807, 2.05) is 103 Å². The van der Waals surface area contributed by atoms with Crippen molar-refractivity contribution in [2.24, 2.45) is 0 Å². The molecule has 0 fully saturated rings. The summed E-state index contributed by atoms with van der Waals surface area (Å²) in [5.41, 5.74) is 5.95. The maximum absolute atomic E-state index is 11.5. The summed E-state index contributed by atoms with van der Waals surface area (Å²) < 4.78 is 0. The van der Waals surface area contributed by atoms with Gasteiger partial charge in [-0.05, 0) is 72.8 Å². The summed E-state index contributed by atoms with van der Waals surface area (Å²) >= 11 is 5.53. The number of alkyl halides is 1. The molecule has 1 aromatic carbocycles. The van der Waals surface area contributed by atoms with Gasteiger partial charge < -0.3 is 5.32 Å². The van der Waals surface area contributed by atoms with Gasteiger partial charge in [0, 0.05) is 67.4 Å². The van der Waals surface area contributed by atoms with E-state index in [2.05, 4.69) is 35.2 Å². The number of pyridine rings is 6. The molecule has 10 heteroatoms. The largest absolute Gasteiger partial charge is 0.324 e. The molecule has 7 aromatic rings. The first-order valence-electron chi connectivity index (χ1n) is 13.4. The van der Waals surface area contributed by atoms with Crippen LogP contribution in [0.3, 0.4) is 0 Å². The molecular formula is C34H26ClN7ORu. The number of anilines is 1. The van der Waals surface area contributed by atoms with Gasteiger partial charge in [0.25, 0.3) is 0 Å². The quantitative estimate of drug-likeness (QED) is 0.118. The summed E-state index contributed by atoms with van der Waals surface area (Å²) in [7, 11) is 0. The van der Waals surface area contributed by atoms with Crippen LogP contribution in [0, 0.1) is 0 Å². The number of amides is 1. The molecule has 7 rings (SSSR count). The van der Waals surface area contributed by atoms with Gasteiger partial charge in [-0.1, -0.05) is 30.3 Å². The molecule has 218 valence electrons. The molecule has 0 unspecified atom stereocenters. The number of aromatic nitrogens is 6. The van der Waals surface area contributed by atoms with Crippen LogP contribution in [0.1, 0.15) is 0 Å². The number of halogens is 1. The van der Waals surface area contributed by atoms with Crippen LogP contribution in [0.15, 0.2) is 140 Å². The van der Waals surface area contributed by atoms with Crippen molar-refractivity contribution in [2.75, 3.05) is 11.2 Å². The van der Waals surface area contributed by atoms with E-state index in [1.165, 1.54) is 0 Å². The van der Waals surface area contributed by atoms with Crippen LogP contribution in [-0.2, 0) is 24.3 Å². The van der Waals surface area contributed by atoms with Crippen molar-refractivity contribution in [3.63, 3.8) is 0 Å². The van der Waals surface area contributed by atoms with E-state index in [9.17, 15) is 4.79 Å². The smallest absolute Gasteiger partial charge is 0.239 e. The summed E-state index contributed by atoms with van der Waals surface area (Å²) in [6.07, 6.45) is 10.5. The zero-order valence-corrected chi connectivity index (χ0v) is 25.8. The minimum absolute atomic E-state index is 0. The first-order valence-corrected chi connectivity index (χ1v) is 13.9. The normalized spacial score (nSPS) is 9.93. The third-order valence-electron chi connectivity index (χ3n) is 6.04. The third-order valence-corrected chi connectivity index (χ3v) is 6.28. The van der Waals surface area contributed by atoms with Gasteiger partial charge in [0.05, 0.1) is 39.5 Å². The van der Waals surface area contributed by atoms with Gasteiger partial charge in [0.15, 0.2) is 0 Å². The van der Waals surface area contributed by atoms with Crippen LogP contribution in [0.2, 0.25) is 0 Å². The Kier molecular flexibility index (Phi) is 12.1. The predicted molar refractivity (Wildman–Crippen MR) is 171 cm³/mol. The SMILES string of the molecule is O=C(CCl)Nc1cc2cccnc2c2ncccc12.[Ru].c1ccc(-c2ccccn2)nc1.c1ccc(-c2ccccn2)nc1. The Labute approximate surface area is 272 Å². The predicted octanol–water partition coefficient (Wildman–Crippen LogP) is 7.25. The van der Waals surface area contributed by atoms with Crippen molar-refractivity contribution in [3.05, 3.63) is 140 Å². The van der Waals surface area contributed by atoms with Crippen LogP contribution < -0.4 is 5.32 Å². The van der Waals surface area contributed by atoms with E-state index in [0.717, 1.165) is 44.6 Å². The van der Waals surface area contributed by atoms with E-state index < -0.39 is 0 Å². The van der Waals surface area contributed by atoms with E-state index >= 15 is 0 Å². The summed E-state index contributed by atoms with van der Waals surface area (Å²) in [5, 5.41) is 4.57. The summed E-state index contributed by atoms with van der Waals surface area (Å²) in [5.74, 6) is -0.317. The zero-order chi connectivity index (χ0) is 29.7.